The number of amidine groups is 1. The molecule has 1 aromatic heterocycles. The van der Waals surface area contributed by atoms with Gasteiger partial charge in [-0.25, -0.2) is 4.98 Å². The molecule has 6 nitrogen and oxygen atoms in total. The second-order valence-corrected chi connectivity index (χ2v) is 4.74. The van der Waals surface area contributed by atoms with Crippen LogP contribution in [-0.2, 0) is 4.74 Å². The number of halogens is 1. The minimum Gasteiger partial charge on any atom is -0.382 e. The summed E-state index contributed by atoms with van der Waals surface area (Å²) in [6.07, 6.45) is 2.28. The van der Waals surface area contributed by atoms with Gasteiger partial charge in [-0.1, -0.05) is 0 Å². The van der Waals surface area contributed by atoms with Crippen LogP contribution in [0.1, 0.15) is 24.8 Å². The van der Waals surface area contributed by atoms with Crippen LogP contribution in [0.25, 0.3) is 0 Å². The lowest BCUT2D eigenvalue weighted by atomic mass is 10.2. The van der Waals surface area contributed by atoms with Crippen molar-refractivity contribution in [2.75, 3.05) is 11.9 Å². The lowest BCUT2D eigenvalue weighted by Crippen LogP contribution is -2.20. The standard InChI is InChI=1S/C9H12BrN5O/c10-9-14-6(7(11)12)8-13-3-4-1-2-5(16-4)15(8)9/h4-5,13H,1-3H2,(H3,11,12)/t4-,5+/m0/s1. The minimum atomic E-state index is -0.0280. The van der Waals surface area contributed by atoms with E-state index in [1.165, 1.54) is 0 Å². The molecule has 0 amide bonds. The summed E-state index contributed by atoms with van der Waals surface area (Å²) in [5.41, 5.74) is 6.00. The molecule has 0 saturated carbocycles. The maximum Gasteiger partial charge on any atom is 0.181 e. The Morgan fingerprint density at radius 3 is 3.19 bits per heavy atom. The maximum atomic E-state index is 7.49. The van der Waals surface area contributed by atoms with Crippen molar-refractivity contribution >= 4 is 27.6 Å². The van der Waals surface area contributed by atoms with Gasteiger partial charge in [0.1, 0.15) is 23.6 Å². The van der Waals surface area contributed by atoms with Crippen LogP contribution in [0.5, 0.6) is 0 Å². The molecule has 1 saturated heterocycles. The molecular formula is C9H12BrN5O. The van der Waals surface area contributed by atoms with Crippen LogP contribution in [0.15, 0.2) is 4.73 Å². The van der Waals surface area contributed by atoms with E-state index in [0.29, 0.717) is 10.4 Å². The zero-order valence-corrected chi connectivity index (χ0v) is 10.1. The molecule has 0 aliphatic carbocycles. The van der Waals surface area contributed by atoms with Gasteiger partial charge >= 0.3 is 0 Å². The Balaban J connectivity index is 2.14. The fourth-order valence-corrected chi connectivity index (χ4v) is 2.85. The Morgan fingerprint density at radius 1 is 1.62 bits per heavy atom. The smallest absolute Gasteiger partial charge is 0.181 e. The highest BCUT2D eigenvalue weighted by Crippen LogP contribution is 2.37. The summed E-state index contributed by atoms with van der Waals surface area (Å²) in [4.78, 5) is 4.24. The lowest BCUT2D eigenvalue weighted by Gasteiger charge is -2.14. The second-order valence-electron chi connectivity index (χ2n) is 4.03. The molecule has 2 bridgehead atoms. The summed E-state index contributed by atoms with van der Waals surface area (Å²) in [6.45, 7) is 0.745. The summed E-state index contributed by atoms with van der Waals surface area (Å²) < 4.78 is 8.44. The number of nitrogens with two attached hydrogens (primary N) is 1. The molecule has 0 spiro atoms. The molecule has 0 radical (unpaired) electrons. The van der Waals surface area contributed by atoms with E-state index in [4.69, 9.17) is 15.9 Å². The number of nitrogen functional groups attached to an aromatic ring is 1. The first-order valence-electron chi connectivity index (χ1n) is 5.18. The number of hydrogen-bond acceptors (Lipinski definition) is 4. The molecule has 3 heterocycles. The van der Waals surface area contributed by atoms with Crippen molar-refractivity contribution in [1.82, 2.24) is 9.55 Å². The first-order valence-corrected chi connectivity index (χ1v) is 5.97. The van der Waals surface area contributed by atoms with Gasteiger partial charge in [0, 0.05) is 6.54 Å². The quantitative estimate of drug-likeness (QED) is 0.531. The number of anilines is 1. The van der Waals surface area contributed by atoms with Gasteiger partial charge < -0.3 is 15.8 Å². The van der Waals surface area contributed by atoms with Gasteiger partial charge in [0.05, 0.1) is 6.10 Å². The van der Waals surface area contributed by atoms with Gasteiger partial charge in [0.2, 0.25) is 0 Å². The zero-order chi connectivity index (χ0) is 11.3. The summed E-state index contributed by atoms with van der Waals surface area (Å²) in [5.74, 6) is 0.756. The third-order valence-electron chi connectivity index (χ3n) is 2.99. The fraction of sp³-hybridized carbons (Fsp3) is 0.556. The van der Waals surface area contributed by atoms with E-state index in [9.17, 15) is 0 Å². The molecule has 2 aliphatic rings. The highest BCUT2D eigenvalue weighted by molar-refractivity contribution is 9.10. The van der Waals surface area contributed by atoms with Crippen molar-refractivity contribution in [3.05, 3.63) is 10.4 Å². The van der Waals surface area contributed by atoms with Gasteiger partial charge in [-0.05, 0) is 28.8 Å². The maximum absolute atomic E-state index is 7.49. The molecule has 16 heavy (non-hydrogen) atoms. The van der Waals surface area contributed by atoms with Crippen molar-refractivity contribution in [3.8, 4) is 0 Å². The molecule has 2 aliphatic heterocycles. The number of nitrogens with one attached hydrogen (secondary N) is 2. The fourth-order valence-electron chi connectivity index (χ4n) is 2.26. The molecular weight excluding hydrogens is 274 g/mol. The highest BCUT2D eigenvalue weighted by atomic mass is 79.9. The summed E-state index contributed by atoms with van der Waals surface area (Å²) in [7, 11) is 0. The Bertz CT molecular complexity index is 457. The van der Waals surface area contributed by atoms with Gasteiger partial charge in [0.15, 0.2) is 4.73 Å². The molecule has 0 unspecified atom stereocenters. The van der Waals surface area contributed by atoms with Gasteiger partial charge in [0.25, 0.3) is 0 Å². The number of fused-ring (bicyclic) bond motifs is 4. The van der Waals surface area contributed by atoms with Crippen LogP contribution < -0.4 is 11.1 Å². The van der Waals surface area contributed by atoms with Crippen LogP contribution in [0.2, 0.25) is 0 Å². The van der Waals surface area contributed by atoms with E-state index in [0.717, 1.165) is 25.2 Å². The number of aromatic nitrogens is 2. The van der Waals surface area contributed by atoms with Gasteiger partial charge in [-0.2, -0.15) is 0 Å². The first kappa shape index (κ1) is 10.1. The Kier molecular flexibility index (Phi) is 2.18. The highest BCUT2D eigenvalue weighted by Gasteiger charge is 2.34. The predicted molar refractivity (Wildman–Crippen MR) is 62.6 cm³/mol. The number of hydrogen-bond donors (Lipinski definition) is 3. The predicted octanol–water partition coefficient (Wildman–Crippen LogP) is 1.03. The first-order chi connectivity index (χ1) is 7.66. The molecule has 4 N–H and O–H groups in total. The molecule has 3 rings (SSSR count). The van der Waals surface area contributed by atoms with E-state index < -0.39 is 0 Å². The van der Waals surface area contributed by atoms with E-state index in [2.05, 4.69) is 26.2 Å². The van der Waals surface area contributed by atoms with E-state index >= 15 is 0 Å². The topological polar surface area (TPSA) is 89.0 Å². The average molecular weight is 286 g/mol. The van der Waals surface area contributed by atoms with Crippen molar-refractivity contribution < 1.29 is 4.74 Å². The molecule has 0 aromatic carbocycles. The van der Waals surface area contributed by atoms with Crippen LogP contribution in [0.3, 0.4) is 0 Å². The van der Waals surface area contributed by atoms with E-state index in [1.807, 2.05) is 4.57 Å². The van der Waals surface area contributed by atoms with Crippen LogP contribution in [0, 0.1) is 5.41 Å². The largest absolute Gasteiger partial charge is 0.382 e. The Hall–Kier alpha value is -1.08. The molecule has 86 valence electrons. The van der Waals surface area contributed by atoms with Gasteiger partial charge in [-0.3, -0.25) is 9.98 Å². The van der Waals surface area contributed by atoms with Crippen molar-refractivity contribution in [2.24, 2.45) is 5.73 Å². The number of nitrogens with zero attached hydrogens (tertiary/aromatic N) is 2. The third kappa shape index (κ3) is 1.35. The van der Waals surface area contributed by atoms with Crippen LogP contribution in [0.4, 0.5) is 5.82 Å². The number of imidazole rings is 1. The Labute approximate surface area is 101 Å². The SMILES string of the molecule is N=C(N)c1nc(Br)n2c1NC[C@@H]1CC[C@H]2O1. The zero-order valence-electron chi connectivity index (χ0n) is 8.53. The van der Waals surface area contributed by atoms with E-state index in [-0.39, 0.29) is 18.2 Å². The van der Waals surface area contributed by atoms with Gasteiger partial charge in [-0.15, -0.1) is 0 Å². The van der Waals surface area contributed by atoms with Crippen molar-refractivity contribution in [2.45, 2.75) is 25.2 Å². The molecule has 1 fully saturated rings. The average Bonchev–Trinajstić information content (AvgIpc) is 2.71. The van der Waals surface area contributed by atoms with E-state index in [1.54, 1.807) is 0 Å². The lowest BCUT2D eigenvalue weighted by molar-refractivity contribution is 0.0139. The molecule has 7 heteroatoms. The number of rotatable bonds is 1. The summed E-state index contributed by atoms with van der Waals surface area (Å²) in [5, 5.41) is 10.7. The van der Waals surface area contributed by atoms with Crippen molar-refractivity contribution in [3.63, 3.8) is 0 Å². The summed E-state index contributed by atoms with van der Waals surface area (Å²) >= 11 is 3.39. The molecule has 1 aromatic rings. The second kappa shape index (κ2) is 3.46. The third-order valence-corrected chi connectivity index (χ3v) is 3.55. The molecule has 2 atom stereocenters. The number of ether oxygens (including phenoxy) is 1. The minimum absolute atomic E-state index is 0.00461. The van der Waals surface area contributed by atoms with Crippen LogP contribution in [-0.4, -0.2) is 28.0 Å². The summed E-state index contributed by atoms with van der Waals surface area (Å²) in [6, 6.07) is 0. The van der Waals surface area contributed by atoms with Crippen molar-refractivity contribution in [1.29, 1.82) is 5.41 Å². The normalized spacial score (nSPS) is 27.1. The Morgan fingerprint density at radius 2 is 2.44 bits per heavy atom. The van der Waals surface area contributed by atoms with Crippen LogP contribution >= 0.6 is 15.9 Å². The monoisotopic (exact) mass is 285 g/mol.